The molecule has 2 aromatic carbocycles. The number of hydrogen-bond donors (Lipinski definition) is 2. The van der Waals surface area contributed by atoms with E-state index in [1.165, 1.54) is 16.4 Å². The van der Waals surface area contributed by atoms with Gasteiger partial charge in [-0.05, 0) is 36.6 Å². The Bertz CT molecular complexity index is 982. The highest BCUT2D eigenvalue weighted by atomic mass is 35.5. The number of nitrogens with one attached hydrogen (secondary N) is 1. The maximum absolute atomic E-state index is 13.9. The summed E-state index contributed by atoms with van der Waals surface area (Å²) in [5.41, 5.74) is 0.569. The van der Waals surface area contributed by atoms with Crippen molar-refractivity contribution in [3.05, 3.63) is 64.9 Å². The summed E-state index contributed by atoms with van der Waals surface area (Å²) in [7, 11) is -3.73. The van der Waals surface area contributed by atoms with Crippen LogP contribution in [0.5, 0.6) is 5.75 Å². The fraction of sp³-hybridized carbons (Fsp3) is 0.350. The summed E-state index contributed by atoms with van der Waals surface area (Å²) in [6.07, 6.45) is -0.835. The van der Waals surface area contributed by atoms with Gasteiger partial charge < -0.3 is 15.2 Å². The summed E-state index contributed by atoms with van der Waals surface area (Å²) < 4.78 is 46.7. The molecular weight excluding hydrogens is 435 g/mol. The first-order valence-electron chi connectivity index (χ1n) is 9.38. The van der Waals surface area contributed by atoms with E-state index >= 15 is 0 Å². The van der Waals surface area contributed by atoms with E-state index in [9.17, 15) is 17.6 Å². The van der Waals surface area contributed by atoms with Crippen LogP contribution in [0.25, 0.3) is 0 Å². The van der Waals surface area contributed by atoms with Crippen molar-refractivity contribution in [3.8, 4) is 5.75 Å². The third kappa shape index (κ3) is 5.84. The van der Waals surface area contributed by atoms with Crippen molar-refractivity contribution in [1.82, 2.24) is 9.62 Å². The van der Waals surface area contributed by atoms with Crippen molar-refractivity contribution >= 4 is 27.7 Å². The van der Waals surface area contributed by atoms with E-state index in [0.717, 1.165) is 6.07 Å². The molecule has 162 valence electrons. The summed E-state index contributed by atoms with van der Waals surface area (Å²) in [5, 5.41) is 11.6. The molecule has 10 heteroatoms. The maximum atomic E-state index is 13.9. The molecule has 2 aromatic rings. The van der Waals surface area contributed by atoms with Gasteiger partial charge in [0.2, 0.25) is 10.0 Å². The van der Waals surface area contributed by atoms with Crippen molar-refractivity contribution in [2.24, 2.45) is 0 Å². The molecule has 0 spiro atoms. The lowest BCUT2D eigenvalue weighted by molar-refractivity contribution is 0.130. The van der Waals surface area contributed by atoms with Crippen molar-refractivity contribution in [1.29, 1.82) is 0 Å². The molecule has 1 fully saturated rings. The summed E-state index contributed by atoms with van der Waals surface area (Å²) in [5.74, 6) is -0.876. The number of amides is 1. The Morgan fingerprint density at radius 1 is 1.23 bits per heavy atom. The highest BCUT2D eigenvalue weighted by molar-refractivity contribution is 7.89. The summed E-state index contributed by atoms with van der Waals surface area (Å²) in [6.45, 7) is 0.410. The fourth-order valence-electron chi connectivity index (χ4n) is 3.35. The molecule has 0 bridgehead atoms. The number of benzene rings is 2. The second-order valence-electron chi connectivity index (χ2n) is 6.98. The number of nitrogens with zero attached hydrogens (tertiary/aromatic N) is 1. The van der Waals surface area contributed by atoms with Crippen LogP contribution in [-0.2, 0) is 10.0 Å². The normalized spacial score (nSPS) is 16.7. The molecule has 1 amide bonds. The van der Waals surface area contributed by atoms with Gasteiger partial charge in [0.05, 0.1) is 11.8 Å². The predicted octanol–water partition coefficient (Wildman–Crippen LogP) is 3.66. The van der Waals surface area contributed by atoms with E-state index in [1.807, 2.05) is 0 Å². The molecule has 1 aliphatic heterocycles. The third-order valence-electron chi connectivity index (χ3n) is 4.86. The van der Waals surface area contributed by atoms with E-state index in [4.69, 9.17) is 21.4 Å². The highest BCUT2D eigenvalue weighted by Gasteiger charge is 2.32. The Balaban J connectivity index is 1.62. The Morgan fingerprint density at radius 3 is 2.50 bits per heavy atom. The lowest BCUT2D eigenvalue weighted by atomic mass is 10.1. The van der Waals surface area contributed by atoms with Gasteiger partial charge in [-0.3, -0.25) is 0 Å². The van der Waals surface area contributed by atoms with Gasteiger partial charge in [0.25, 0.3) is 0 Å². The smallest absolute Gasteiger partial charge is 0.405 e. The van der Waals surface area contributed by atoms with Crippen LogP contribution in [0.1, 0.15) is 24.4 Å². The number of sulfonamides is 1. The van der Waals surface area contributed by atoms with Gasteiger partial charge in [0.1, 0.15) is 6.10 Å². The van der Waals surface area contributed by atoms with Gasteiger partial charge in [-0.1, -0.05) is 41.9 Å². The number of hydrogen-bond acceptors (Lipinski definition) is 4. The largest absolute Gasteiger partial charge is 0.487 e. The average Bonchev–Trinajstić information content (AvgIpc) is 2.70. The Hall–Kier alpha value is -2.36. The van der Waals surface area contributed by atoms with Crippen molar-refractivity contribution in [3.63, 3.8) is 0 Å². The first kappa shape index (κ1) is 22.3. The van der Waals surface area contributed by atoms with Crippen LogP contribution in [-0.4, -0.2) is 48.9 Å². The highest BCUT2D eigenvalue weighted by Crippen LogP contribution is 2.26. The molecule has 0 aliphatic carbocycles. The molecule has 7 nitrogen and oxygen atoms in total. The van der Waals surface area contributed by atoms with E-state index in [0.29, 0.717) is 18.4 Å². The number of carboxylic acid groups (broad SMARTS) is 1. The maximum Gasteiger partial charge on any atom is 0.405 e. The molecule has 2 N–H and O–H groups in total. The number of halogens is 2. The summed E-state index contributed by atoms with van der Waals surface area (Å²) in [6, 6.07) is 11.8. The molecule has 1 saturated heterocycles. The Morgan fingerprint density at radius 2 is 1.90 bits per heavy atom. The van der Waals surface area contributed by atoms with Crippen LogP contribution in [0.15, 0.2) is 48.5 Å². The molecule has 1 atom stereocenters. The van der Waals surface area contributed by atoms with Crippen LogP contribution < -0.4 is 10.1 Å². The number of ether oxygens (including phenoxy) is 1. The minimum atomic E-state index is -3.73. The van der Waals surface area contributed by atoms with E-state index in [1.54, 1.807) is 30.3 Å². The second-order valence-corrected chi connectivity index (χ2v) is 9.43. The zero-order valence-corrected chi connectivity index (χ0v) is 17.6. The SMILES string of the molecule is O=C(O)NC(CS(=O)(=O)N1CCC(Oc2ccc(Cl)cc2F)CC1)c1ccccc1. The van der Waals surface area contributed by atoms with Crippen LogP contribution in [0, 0.1) is 5.82 Å². The molecule has 0 saturated carbocycles. The van der Waals surface area contributed by atoms with Crippen molar-refractivity contribution in [2.45, 2.75) is 25.0 Å². The molecule has 0 aromatic heterocycles. The molecule has 1 unspecified atom stereocenters. The molecule has 1 heterocycles. The van der Waals surface area contributed by atoms with E-state index in [2.05, 4.69) is 5.32 Å². The van der Waals surface area contributed by atoms with E-state index in [-0.39, 0.29) is 35.7 Å². The first-order chi connectivity index (χ1) is 14.2. The number of rotatable bonds is 7. The zero-order chi connectivity index (χ0) is 21.7. The van der Waals surface area contributed by atoms with E-state index < -0.39 is 28.0 Å². The monoisotopic (exact) mass is 456 g/mol. The molecular formula is C20H22ClFN2O5S. The quantitative estimate of drug-likeness (QED) is 0.662. The minimum absolute atomic E-state index is 0.0792. The fourth-order valence-corrected chi connectivity index (χ4v) is 5.18. The topological polar surface area (TPSA) is 95.9 Å². The first-order valence-corrected chi connectivity index (χ1v) is 11.4. The van der Waals surface area contributed by atoms with Crippen LogP contribution in [0.4, 0.5) is 9.18 Å². The second kappa shape index (κ2) is 9.63. The zero-order valence-electron chi connectivity index (χ0n) is 16.0. The summed E-state index contributed by atoms with van der Waals surface area (Å²) >= 11 is 5.74. The lowest BCUT2D eigenvalue weighted by Gasteiger charge is -2.32. The van der Waals surface area contributed by atoms with Crippen molar-refractivity contribution < 1.29 is 27.4 Å². The van der Waals surface area contributed by atoms with Gasteiger partial charge >= 0.3 is 6.09 Å². The lowest BCUT2D eigenvalue weighted by Crippen LogP contribution is -2.45. The van der Waals surface area contributed by atoms with Gasteiger partial charge in [0, 0.05) is 18.1 Å². The molecule has 3 rings (SSSR count). The van der Waals surface area contributed by atoms with Gasteiger partial charge in [-0.15, -0.1) is 0 Å². The number of carbonyl (C=O) groups is 1. The van der Waals surface area contributed by atoms with Crippen molar-refractivity contribution in [2.75, 3.05) is 18.8 Å². The Labute approximate surface area is 179 Å². The van der Waals surface area contributed by atoms with Gasteiger partial charge in [0.15, 0.2) is 11.6 Å². The molecule has 30 heavy (non-hydrogen) atoms. The number of piperidine rings is 1. The van der Waals surface area contributed by atoms with Crippen LogP contribution in [0.3, 0.4) is 0 Å². The third-order valence-corrected chi connectivity index (χ3v) is 7.00. The predicted molar refractivity (Wildman–Crippen MR) is 111 cm³/mol. The Kier molecular flexibility index (Phi) is 7.17. The average molecular weight is 457 g/mol. The van der Waals surface area contributed by atoms with Crippen LogP contribution >= 0.6 is 11.6 Å². The molecule has 0 radical (unpaired) electrons. The standard InChI is InChI=1S/C20H22ClFN2O5S/c21-15-6-7-19(17(22)12-15)29-16-8-10-24(11-9-16)30(27,28)13-18(23-20(25)26)14-4-2-1-3-5-14/h1-7,12,16,18,23H,8-11,13H2,(H,25,26). The molecule has 1 aliphatic rings. The van der Waals surface area contributed by atoms with Gasteiger partial charge in [-0.2, -0.15) is 0 Å². The minimum Gasteiger partial charge on any atom is -0.487 e. The van der Waals surface area contributed by atoms with Gasteiger partial charge in [-0.25, -0.2) is 21.9 Å². The summed E-state index contributed by atoms with van der Waals surface area (Å²) in [4.78, 5) is 11.1. The van der Waals surface area contributed by atoms with Crippen LogP contribution in [0.2, 0.25) is 5.02 Å².